The molecule has 0 unspecified atom stereocenters. The first kappa shape index (κ1) is 15.8. The summed E-state index contributed by atoms with van der Waals surface area (Å²) in [6.07, 6.45) is 6.31. The zero-order valence-electron chi connectivity index (χ0n) is 13.6. The molecule has 0 aliphatic heterocycles. The van der Waals surface area contributed by atoms with Gasteiger partial charge in [-0.15, -0.1) is 0 Å². The second-order valence-electron chi connectivity index (χ2n) is 6.52. The predicted octanol–water partition coefficient (Wildman–Crippen LogP) is 3.30. The molecule has 0 spiro atoms. The number of nitrogens with zero attached hydrogens (tertiary/aromatic N) is 2. The van der Waals surface area contributed by atoms with Gasteiger partial charge in [-0.3, -0.25) is 9.69 Å². The van der Waals surface area contributed by atoms with Gasteiger partial charge in [0.05, 0.1) is 6.20 Å². The monoisotopic (exact) mass is 312 g/mol. The third kappa shape index (κ3) is 3.82. The maximum Gasteiger partial charge on any atom is 0.223 e. The summed E-state index contributed by atoms with van der Waals surface area (Å²) in [5, 5.41) is 9.81. The minimum absolute atomic E-state index is 0.147. The summed E-state index contributed by atoms with van der Waals surface area (Å²) in [5.74, 6) is -0.147. The second-order valence-corrected chi connectivity index (χ2v) is 6.52. The maximum atomic E-state index is 11.9. The molecule has 23 heavy (non-hydrogen) atoms. The number of aromatic nitrogens is 1. The van der Waals surface area contributed by atoms with E-state index >= 15 is 0 Å². The van der Waals surface area contributed by atoms with Crippen molar-refractivity contribution in [2.45, 2.75) is 44.8 Å². The largest absolute Gasteiger partial charge is 0.503 e. The molecule has 122 valence electrons. The van der Waals surface area contributed by atoms with Crippen LogP contribution in [0.1, 0.15) is 43.0 Å². The molecule has 2 aromatic rings. The van der Waals surface area contributed by atoms with E-state index in [1.165, 1.54) is 18.4 Å². The fourth-order valence-electron chi connectivity index (χ4n) is 3.46. The van der Waals surface area contributed by atoms with E-state index in [4.69, 9.17) is 0 Å². The Labute approximate surface area is 137 Å². The number of hydrogen-bond donors (Lipinski definition) is 1. The molecule has 4 nitrogen and oxygen atoms in total. The number of aromatic hydroxyl groups is 1. The Bertz CT molecular complexity index is 703. The van der Waals surface area contributed by atoms with E-state index in [-0.39, 0.29) is 11.2 Å². The topological polar surface area (TPSA) is 45.5 Å². The zero-order valence-corrected chi connectivity index (χ0v) is 13.6. The van der Waals surface area contributed by atoms with E-state index in [9.17, 15) is 9.90 Å². The van der Waals surface area contributed by atoms with Crippen molar-refractivity contribution in [2.75, 3.05) is 7.05 Å². The smallest absolute Gasteiger partial charge is 0.223 e. The molecule has 1 aliphatic carbocycles. The Morgan fingerprint density at radius 2 is 1.87 bits per heavy atom. The molecule has 4 heteroatoms. The Morgan fingerprint density at radius 3 is 2.57 bits per heavy atom. The minimum Gasteiger partial charge on any atom is -0.503 e. The quantitative estimate of drug-likeness (QED) is 0.921. The van der Waals surface area contributed by atoms with E-state index in [0.29, 0.717) is 12.6 Å². The van der Waals surface area contributed by atoms with Gasteiger partial charge < -0.3 is 9.67 Å². The lowest BCUT2D eigenvalue weighted by atomic mass is 10.2. The summed E-state index contributed by atoms with van der Waals surface area (Å²) in [6.45, 7) is 1.53. The number of hydrogen-bond acceptors (Lipinski definition) is 3. The van der Waals surface area contributed by atoms with Crippen LogP contribution in [0.4, 0.5) is 0 Å². The zero-order chi connectivity index (χ0) is 16.2. The van der Waals surface area contributed by atoms with Crippen molar-refractivity contribution in [2.24, 2.45) is 0 Å². The number of benzene rings is 1. The molecule has 3 rings (SSSR count). The van der Waals surface area contributed by atoms with Crippen molar-refractivity contribution in [1.82, 2.24) is 9.47 Å². The van der Waals surface area contributed by atoms with Gasteiger partial charge in [0.25, 0.3) is 0 Å². The molecular formula is C19H24N2O2. The lowest BCUT2D eigenvalue weighted by Crippen LogP contribution is -2.23. The molecule has 1 aliphatic rings. The first-order chi connectivity index (χ1) is 11.1. The molecular weight excluding hydrogens is 288 g/mol. The van der Waals surface area contributed by atoms with E-state index in [1.54, 1.807) is 12.3 Å². The van der Waals surface area contributed by atoms with Crippen LogP contribution in [0.15, 0.2) is 47.4 Å². The van der Waals surface area contributed by atoms with Crippen LogP contribution < -0.4 is 5.43 Å². The second kappa shape index (κ2) is 7.01. The Kier molecular flexibility index (Phi) is 4.82. The summed E-state index contributed by atoms with van der Waals surface area (Å²) in [6, 6.07) is 12.3. The van der Waals surface area contributed by atoms with Crippen molar-refractivity contribution in [3.63, 3.8) is 0 Å². The van der Waals surface area contributed by atoms with E-state index in [0.717, 1.165) is 25.1 Å². The first-order valence-electron chi connectivity index (χ1n) is 8.30. The van der Waals surface area contributed by atoms with Crippen molar-refractivity contribution in [3.05, 3.63) is 64.1 Å². The molecule has 1 heterocycles. The molecule has 1 saturated carbocycles. The Morgan fingerprint density at radius 1 is 1.17 bits per heavy atom. The first-order valence-corrected chi connectivity index (χ1v) is 8.30. The van der Waals surface area contributed by atoms with Gasteiger partial charge >= 0.3 is 0 Å². The lowest BCUT2D eigenvalue weighted by molar-refractivity contribution is 0.301. The van der Waals surface area contributed by atoms with Gasteiger partial charge in [-0.1, -0.05) is 43.2 Å². The Balaban J connectivity index is 1.80. The van der Waals surface area contributed by atoms with Crippen LogP contribution in [0.25, 0.3) is 0 Å². The summed E-state index contributed by atoms with van der Waals surface area (Å²) < 4.78 is 2.12. The molecule has 1 fully saturated rings. The van der Waals surface area contributed by atoms with Crippen LogP contribution in [0, 0.1) is 0 Å². The summed E-state index contributed by atoms with van der Waals surface area (Å²) in [7, 11) is 2.06. The predicted molar refractivity (Wildman–Crippen MR) is 91.5 cm³/mol. The van der Waals surface area contributed by atoms with Crippen molar-refractivity contribution in [1.29, 1.82) is 0 Å². The van der Waals surface area contributed by atoms with E-state index < -0.39 is 0 Å². The highest BCUT2D eigenvalue weighted by Gasteiger charge is 2.20. The SMILES string of the molecule is CN(Cc1ccccc1)Cc1cc(=O)c(O)cn1C1CCCC1. The maximum absolute atomic E-state index is 11.9. The van der Waals surface area contributed by atoms with Crippen LogP contribution in [-0.2, 0) is 13.1 Å². The van der Waals surface area contributed by atoms with Gasteiger partial charge in [-0.25, -0.2) is 0 Å². The van der Waals surface area contributed by atoms with E-state index in [2.05, 4.69) is 28.6 Å². The molecule has 0 radical (unpaired) electrons. The third-order valence-corrected chi connectivity index (χ3v) is 4.59. The van der Waals surface area contributed by atoms with Crippen LogP contribution >= 0.6 is 0 Å². The molecule has 1 aromatic carbocycles. The Hall–Kier alpha value is -2.07. The average Bonchev–Trinajstić information content (AvgIpc) is 3.06. The molecule has 1 N–H and O–H groups in total. The van der Waals surface area contributed by atoms with Gasteiger partial charge in [-0.2, -0.15) is 0 Å². The van der Waals surface area contributed by atoms with Crippen LogP contribution in [-0.4, -0.2) is 21.6 Å². The highest BCUT2D eigenvalue weighted by Crippen LogP contribution is 2.31. The van der Waals surface area contributed by atoms with Crippen molar-refractivity contribution >= 4 is 0 Å². The molecule has 1 aromatic heterocycles. The summed E-state index contributed by atoms with van der Waals surface area (Å²) in [5.41, 5.74) is 1.95. The normalized spacial score (nSPS) is 15.4. The van der Waals surface area contributed by atoms with E-state index in [1.807, 2.05) is 18.2 Å². The summed E-state index contributed by atoms with van der Waals surface area (Å²) in [4.78, 5) is 14.1. The standard InChI is InChI=1S/C19H24N2O2/c1-20(12-15-7-3-2-4-8-15)13-17-11-18(22)19(23)14-21(17)16-9-5-6-10-16/h2-4,7-8,11,14,16,23H,5-6,9-10,12-13H2,1H3. The van der Waals surface area contributed by atoms with Gasteiger partial charge in [0.15, 0.2) is 5.75 Å². The van der Waals surface area contributed by atoms with Crippen LogP contribution in [0.3, 0.4) is 0 Å². The molecule has 0 atom stereocenters. The van der Waals surface area contributed by atoms with Gasteiger partial charge in [0, 0.05) is 30.9 Å². The average molecular weight is 312 g/mol. The van der Waals surface area contributed by atoms with Crippen molar-refractivity contribution in [3.8, 4) is 5.75 Å². The lowest BCUT2D eigenvalue weighted by Gasteiger charge is -2.24. The van der Waals surface area contributed by atoms with Crippen LogP contribution in [0.5, 0.6) is 5.75 Å². The number of pyridine rings is 1. The molecule has 0 saturated heterocycles. The summed E-state index contributed by atoms with van der Waals surface area (Å²) >= 11 is 0. The fourth-order valence-corrected chi connectivity index (χ4v) is 3.46. The van der Waals surface area contributed by atoms with Gasteiger partial charge in [0.1, 0.15) is 0 Å². The van der Waals surface area contributed by atoms with Gasteiger partial charge in [-0.05, 0) is 25.5 Å². The highest BCUT2D eigenvalue weighted by molar-refractivity contribution is 5.22. The van der Waals surface area contributed by atoms with Crippen LogP contribution in [0.2, 0.25) is 0 Å². The van der Waals surface area contributed by atoms with Gasteiger partial charge in [0.2, 0.25) is 5.43 Å². The molecule has 0 amide bonds. The highest BCUT2D eigenvalue weighted by atomic mass is 16.3. The minimum atomic E-state index is -0.289. The third-order valence-electron chi connectivity index (χ3n) is 4.59. The number of rotatable bonds is 5. The fraction of sp³-hybridized carbons (Fsp3) is 0.421. The molecule has 0 bridgehead atoms. The van der Waals surface area contributed by atoms with Crippen molar-refractivity contribution < 1.29 is 5.11 Å².